The van der Waals surface area contributed by atoms with E-state index in [-0.39, 0.29) is 30.4 Å². The molecular weight excluding hydrogens is 346 g/mol. The molecule has 0 amide bonds. The van der Waals surface area contributed by atoms with Crippen LogP contribution in [0.25, 0.3) is 0 Å². The van der Waals surface area contributed by atoms with Crippen molar-refractivity contribution in [2.24, 2.45) is 5.92 Å². The van der Waals surface area contributed by atoms with Gasteiger partial charge in [0.1, 0.15) is 4.99 Å². The zero-order chi connectivity index (χ0) is 18.8. The van der Waals surface area contributed by atoms with Crippen LogP contribution >= 0.6 is 12.2 Å². The molecule has 0 radical (unpaired) electrons. The van der Waals surface area contributed by atoms with E-state index in [0.717, 1.165) is 0 Å². The van der Waals surface area contributed by atoms with Crippen molar-refractivity contribution in [1.82, 2.24) is 0 Å². The number of ether oxygens (including phenoxy) is 3. The fraction of sp³-hybridized carbons (Fsp3) is 0.412. The first-order valence-corrected chi connectivity index (χ1v) is 8.27. The minimum atomic E-state index is -1.41. The standard InChI is InChI=1S/C17H21NO6S/c1-4-22-15(19)11-9-7-8-10-12(11)18-14(25)13(16(20)23-5-2)17(21)24-6-3/h7-10,13H,4-6H2,1-3H3,(H,18,25). The molecule has 0 aliphatic carbocycles. The Bertz CT molecular complexity index is 628. The fourth-order valence-corrected chi connectivity index (χ4v) is 2.25. The third-order valence-corrected chi connectivity index (χ3v) is 3.32. The summed E-state index contributed by atoms with van der Waals surface area (Å²) < 4.78 is 14.8. The van der Waals surface area contributed by atoms with E-state index in [9.17, 15) is 14.4 Å². The van der Waals surface area contributed by atoms with Crippen LogP contribution in [0, 0.1) is 5.92 Å². The maximum atomic E-state index is 12.1. The third kappa shape index (κ3) is 5.82. The van der Waals surface area contributed by atoms with Crippen LogP contribution in [-0.4, -0.2) is 42.7 Å². The Hall–Kier alpha value is -2.48. The summed E-state index contributed by atoms with van der Waals surface area (Å²) in [6.45, 7) is 5.33. The molecule has 0 aromatic heterocycles. The average molecular weight is 367 g/mol. The van der Waals surface area contributed by atoms with Gasteiger partial charge in [-0.25, -0.2) is 4.79 Å². The number of carbonyl (C=O) groups is 3. The van der Waals surface area contributed by atoms with E-state index in [1.165, 1.54) is 0 Å². The van der Waals surface area contributed by atoms with Crippen LogP contribution in [0.2, 0.25) is 0 Å². The van der Waals surface area contributed by atoms with Crippen LogP contribution in [0.1, 0.15) is 31.1 Å². The predicted molar refractivity (Wildman–Crippen MR) is 95.4 cm³/mol. The molecule has 0 atom stereocenters. The van der Waals surface area contributed by atoms with Crippen molar-refractivity contribution < 1.29 is 28.6 Å². The van der Waals surface area contributed by atoms with Crippen LogP contribution in [0.3, 0.4) is 0 Å². The van der Waals surface area contributed by atoms with Gasteiger partial charge in [0.2, 0.25) is 5.92 Å². The lowest BCUT2D eigenvalue weighted by molar-refractivity contribution is -0.157. The summed E-state index contributed by atoms with van der Waals surface area (Å²) in [4.78, 5) is 36.0. The van der Waals surface area contributed by atoms with Gasteiger partial charge in [-0.1, -0.05) is 24.4 Å². The van der Waals surface area contributed by atoms with E-state index in [2.05, 4.69) is 5.32 Å². The van der Waals surface area contributed by atoms with Crippen LogP contribution in [0.4, 0.5) is 5.69 Å². The van der Waals surface area contributed by atoms with Gasteiger partial charge in [-0.2, -0.15) is 0 Å². The normalized spacial score (nSPS) is 10.1. The number of para-hydroxylation sites is 1. The molecule has 25 heavy (non-hydrogen) atoms. The first-order valence-electron chi connectivity index (χ1n) is 7.86. The average Bonchev–Trinajstić information content (AvgIpc) is 2.56. The van der Waals surface area contributed by atoms with Gasteiger partial charge in [0.15, 0.2) is 0 Å². The second-order valence-electron chi connectivity index (χ2n) is 4.69. The highest BCUT2D eigenvalue weighted by Gasteiger charge is 2.34. The Labute approximate surface area is 151 Å². The van der Waals surface area contributed by atoms with E-state index in [0.29, 0.717) is 5.69 Å². The highest BCUT2D eigenvalue weighted by Crippen LogP contribution is 2.19. The van der Waals surface area contributed by atoms with Gasteiger partial charge in [-0.15, -0.1) is 0 Å². The van der Waals surface area contributed by atoms with Crippen molar-refractivity contribution in [3.8, 4) is 0 Å². The third-order valence-electron chi connectivity index (χ3n) is 2.99. The molecular formula is C17H21NO6S. The van der Waals surface area contributed by atoms with Gasteiger partial charge in [-0.3, -0.25) is 9.59 Å². The Morgan fingerprint density at radius 2 is 1.48 bits per heavy atom. The molecule has 8 heteroatoms. The highest BCUT2D eigenvalue weighted by atomic mass is 32.1. The molecule has 0 aliphatic heterocycles. The molecule has 0 spiro atoms. The van der Waals surface area contributed by atoms with E-state index in [4.69, 9.17) is 26.4 Å². The van der Waals surface area contributed by atoms with Crippen LogP contribution in [0.5, 0.6) is 0 Å². The Balaban J connectivity index is 3.06. The van der Waals surface area contributed by atoms with Gasteiger partial charge < -0.3 is 19.5 Å². The Kier molecular flexibility index (Phi) is 8.55. The summed E-state index contributed by atoms with van der Waals surface area (Å²) in [6.07, 6.45) is 0. The molecule has 0 fully saturated rings. The molecule has 0 heterocycles. The van der Waals surface area contributed by atoms with Crippen molar-refractivity contribution in [3.63, 3.8) is 0 Å². The summed E-state index contributed by atoms with van der Waals surface area (Å²) in [7, 11) is 0. The number of carbonyl (C=O) groups excluding carboxylic acids is 3. The number of hydrogen-bond acceptors (Lipinski definition) is 7. The van der Waals surface area contributed by atoms with Gasteiger partial charge in [0.05, 0.1) is 31.1 Å². The molecule has 1 N–H and O–H groups in total. The smallest absolute Gasteiger partial charge is 0.340 e. The lowest BCUT2D eigenvalue weighted by Gasteiger charge is -2.18. The molecule has 0 saturated carbocycles. The Morgan fingerprint density at radius 3 is 2.00 bits per heavy atom. The second kappa shape index (κ2) is 10.4. The maximum absolute atomic E-state index is 12.1. The first kappa shape index (κ1) is 20.6. The number of hydrogen-bond donors (Lipinski definition) is 1. The molecule has 1 aromatic carbocycles. The molecule has 0 aliphatic rings. The fourth-order valence-electron chi connectivity index (χ4n) is 1.95. The quantitative estimate of drug-likeness (QED) is 0.324. The molecule has 0 unspecified atom stereocenters. The Morgan fingerprint density at radius 1 is 0.960 bits per heavy atom. The van der Waals surface area contributed by atoms with Crippen molar-refractivity contribution in [3.05, 3.63) is 29.8 Å². The number of esters is 3. The SMILES string of the molecule is CCOC(=O)c1ccccc1NC(=S)C(C(=O)OCC)C(=O)OCC. The van der Waals surface area contributed by atoms with Crippen molar-refractivity contribution in [2.75, 3.05) is 25.1 Å². The molecule has 1 rings (SSSR count). The first-order chi connectivity index (χ1) is 12.0. The van der Waals surface area contributed by atoms with Crippen molar-refractivity contribution >= 4 is 40.8 Å². The molecule has 0 bridgehead atoms. The molecule has 7 nitrogen and oxygen atoms in total. The lowest BCUT2D eigenvalue weighted by Crippen LogP contribution is -2.37. The molecule has 136 valence electrons. The molecule has 0 saturated heterocycles. The summed E-state index contributed by atoms with van der Waals surface area (Å²) >= 11 is 5.18. The summed E-state index contributed by atoms with van der Waals surface area (Å²) in [5, 5.41) is 2.76. The van der Waals surface area contributed by atoms with E-state index in [1.807, 2.05) is 0 Å². The van der Waals surface area contributed by atoms with Gasteiger partial charge in [-0.05, 0) is 32.9 Å². The van der Waals surface area contributed by atoms with E-state index < -0.39 is 23.8 Å². The number of benzene rings is 1. The van der Waals surface area contributed by atoms with Crippen LogP contribution < -0.4 is 5.32 Å². The zero-order valence-electron chi connectivity index (χ0n) is 14.4. The van der Waals surface area contributed by atoms with Gasteiger partial charge in [0, 0.05) is 0 Å². The topological polar surface area (TPSA) is 90.9 Å². The number of thiocarbonyl (C=S) groups is 1. The number of anilines is 1. The minimum Gasteiger partial charge on any atom is -0.465 e. The monoisotopic (exact) mass is 367 g/mol. The maximum Gasteiger partial charge on any atom is 0.340 e. The minimum absolute atomic E-state index is 0.0940. The number of nitrogens with one attached hydrogen (secondary N) is 1. The summed E-state index contributed by atoms with van der Waals surface area (Å²) in [6, 6.07) is 6.48. The second-order valence-corrected chi connectivity index (χ2v) is 5.13. The van der Waals surface area contributed by atoms with E-state index in [1.54, 1.807) is 45.0 Å². The van der Waals surface area contributed by atoms with Crippen LogP contribution in [0.15, 0.2) is 24.3 Å². The zero-order valence-corrected chi connectivity index (χ0v) is 15.2. The number of rotatable bonds is 8. The van der Waals surface area contributed by atoms with Gasteiger partial charge in [0.25, 0.3) is 0 Å². The van der Waals surface area contributed by atoms with Gasteiger partial charge >= 0.3 is 17.9 Å². The van der Waals surface area contributed by atoms with Crippen LogP contribution in [-0.2, 0) is 23.8 Å². The van der Waals surface area contributed by atoms with Crippen molar-refractivity contribution in [2.45, 2.75) is 20.8 Å². The lowest BCUT2D eigenvalue weighted by atomic mass is 10.1. The predicted octanol–water partition coefficient (Wildman–Crippen LogP) is 2.35. The van der Waals surface area contributed by atoms with Crippen molar-refractivity contribution in [1.29, 1.82) is 0 Å². The summed E-state index contributed by atoms with van der Waals surface area (Å²) in [5.74, 6) is -3.58. The highest BCUT2D eigenvalue weighted by molar-refractivity contribution is 7.80. The largest absolute Gasteiger partial charge is 0.465 e. The molecule has 1 aromatic rings. The van der Waals surface area contributed by atoms with E-state index >= 15 is 0 Å². The summed E-state index contributed by atoms with van der Waals surface area (Å²) in [5.41, 5.74) is 0.558.